The number of nitro groups is 1. The first-order valence-corrected chi connectivity index (χ1v) is 18.0. The number of nitro benzene ring substituents is 1. The molecule has 4 aromatic carbocycles. The molecular weight excluding hydrogens is 676 g/mol. The molecule has 0 unspecified atom stereocenters. The summed E-state index contributed by atoms with van der Waals surface area (Å²) in [7, 11) is 0. The van der Waals surface area contributed by atoms with E-state index in [-0.39, 0.29) is 30.2 Å². The van der Waals surface area contributed by atoms with Crippen molar-refractivity contribution in [2.24, 2.45) is 9.98 Å². The Morgan fingerprint density at radius 2 is 1.74 bits per heavy atom. The highest BCUT2D eigenvalue weighted by atomic mass is 16.6. The molecule has 0 saturated heterocycles. The molecule has 0 saturated carbocycles. The lowest BCUT2D eigenvalue weighted by Gasteiger charge is -2.32. The van der Waals surface area contributed by atoms with E-state index in [2.05, 4.69) is 19.2 Å². The minimum absolute atomic E-state index is 0.0469. The number of nitrogens with zero attached hydrogens (tertiary/aromatic N) is 4. The van der Waals surface area contributed by atoms with Crippen molar-refractivity contribution in [1.29, 1.82) is 0 Å². The Bertz CT molecular complexity index is 2000. The summed E-state index contributed by atoms with van der Waals surface area (Å²) in [6, 6.07) is 22.4. The molecule has 0 fully saturated rings. The number of aliphatic imine (C=N–C) groups is 2. The molecule has 0 aliphatic carbocycles. The van der Waals surface area contributed by atoms with Gasteiger partial charge in [-0.3, -0.25) is 20.1 Å². The van der Waals surface area contributed by atoms with Crippen molar-refractivity contribution in [3.8, 4) is 17.2 Å². The van der Waals surface area contributed by atoms with Crippen LogP contribution in [-0.4, -0.2) is 46.3 Å². The van der Waals surface area contributed by atoms with E-state index in [0.29, 0.717) is 54.8 Å². The quantitative estimate of drug-likeness (QED) is 0.0395. The fourth-order valence-electron chi connectivity index (χ4n) is 6.21. The average Bonchev–Trinajstić information content (AvgIpc) is 3.17. The number of amidine groups is 1. The number of hydrogen-bond acceptors (Lipinski definition) is 11. The molecule has 0 bridgehead atoms. The molecule has 1 amide bonds. The molecule has 2 heterocycles. The van der Waals surface area contributed by atoms with Crippen LogP contribution in [0.15, 0.2) is 82.8 Å². The van der Waals surface area contributed by atoms with Crippen molar-refractivity contribution in [3.05, 3.63) is 105 Å². The zero-order chi connectivity index (χ0) is 37.2. The summed E-state index contributed by atoms with van der Waals surface area (Å²) in [5.74, 6) is 1.75. The van der Waals surface area contributed by atoms with Crippen molar-refractivity contribution in [2.45, 2.75) is 71.9 Å². The summed E-state index contributed by atoms with van der Waals surface area (Å²) in [6.45, 7) is 5.60. The van der Waals surface area contributed by atoms with Gasteiger partial charge >= 0.3 is 0 Å². The summed E-state index contributed by atoms with van der Waals surface area (Å²) in [5.41, 5.74) is 8.39. The molecule has 53 heavy (non-hydrogen) atoms. The first kappa shape index (κ1) is 36.8. The average molecular weight is 721 g/mol. The molecule has 13 heteroatoms. The van der Waals surface area contributed by atoms with Gasteiger partial charge in [-0.05, 0) is 61.1 Å². The summed E-state index contributed by atoms with van der Waals surface area (Å²) >= 11 is 0. The lowest BCUT2D eigenvalue weighted by atomic mass is 10.0. The smallest absolute Gasteiger partial charge is 0.269 e. The highest BCUT2D eigenvalue weighted by Gasteiger charge is 2.29. The van der Waals surface area contributed by atoms with E-state index in [4.69, 9.17) is 29.4 Å². The van der Waals surface area contributed by atoms with Crippen LogP contribution in [0.1, 0.15) is 74.6 Å². The molecule has 0 aromatic heterocycles. The van der Waals surface area contributed by atoms with E-state index in [0.717, 1.165) is 65.0 Å². The number of amides is 1. The second kappa shape index (κ2) is 17.5. The van der Waals surface area contributed by atoms with Crippen LogP contribution in [0.4, 0.5) is 28.4 Å². The number of para-hydroxylation sites is 1. The van der Waals surface area contributed by atoms with Crippen molar-refractivity contribution < 1.29 is 29.1 Å². The number of benzene rings is 4. The largest absolute Gasteiger partial charge is 0.493 e. The predicted octanol–water partition coefficient (Wildman–Crippen LogP) is 8.67. The fraction of sp³-hybridized carbons (Fsp3) is 0.325. The number of aryl methyl sites for hydroxylation is 1. The lowest BCUT2D eigenvalue weighted by Crippen LogP contribution is -2.34. The number of fused-ring (bicyclic) bond motifs is 4. The number of hydroxylamine groups is 1. The third kappa shape index (κ3) is 9.11. The van der Waals surface area contributed by atoms with Crippen LogP contribution in [0.25, 0.3) is 0 Å². The normalized spacial score (nSPS) is 12.6. The van der Waals surface area contributed by atoms with Gasteiger partial charge in [-0.1, -0.05) is 44.9 Å². The molecule has 0 spiro atoms. The van der Waals surface area contributed by atoms with Gasteiger partial charge in [-0.15, -0.1) is 0 Å². The molecular formula is C40H44N6O7. The number of rotatable bonds is 18. The second-order valence-corrected chi connectivity index (χ2v) is 12.9. The monoisotopic (exact) mass is 720 g/mol. The number of anilines is 2. The molecule has 0 radical (unpaired) electrons. The minimum Gasteiger partial charge on any atom is -0.493 e. The van der Waals surface area contributed by atoms with E-state index < -0.39 is 5.91 Å². The number of non-ortho nitro benzene ring substituents is 1. The lowest BCUT2D eigenvalue weighted by molar-refractivity contribution is -0.384. The summed E-state index contributed by atoms with van der Waals surface area (Å²) in [5, 5.41) is 24.0. The van der Waals surface area contributed by atoms with Gasteiger partial charge in [0.05, 0.1) is 42.4 Å². The molecule has 0 atom stereocenters. The molecule has 2 aliphatic heterocycles. The fourth-order valence-corrected chi connectivity index (χ4v) is 6.21. The molecule has 4 aromatic rings. The van der Waals surface area contributed by atoms with Crippen LogP contribution < -0.4 is 25.0 Å². The Kier molecular flexibility index (Phi) is 12.2. The van der Waals surface area contributed by atoms with Crippen molar-refractivity contribution >= 4 is 46.5 Å². The maximum atomic E-state index is 11.7. The Morgan fingerprint density at radius 1 is 0.906 bits per heavy atom. The van der Waals surface area contributed by atoms with Gasteiger partial charge in [0.25, 0.3) is 5.69 Å². The highest BCUT2D eigenvalue weighted by molar-refractivity contribution is 6.13. The first-order chi connectivity index (χ1) is 25.9. The Labute approximate surface area is 308 Å². The van der Waals surface area contributed by atoms with Crippen molar-refractivity contribution in [2.75, 3.05) is 18.5 Å². The predicted molar refractivity (Wildman–Crippen MR) is 204 cm³/mol. The third-order valence-electron chi connectivity index (χ3n) is 8.96. The van der Waals surface area contributed by atoms with Gasteiger partial charge in [0, 0.05) is 59.3 Å². The molecule has 3 N–H and O–H groups in total. The van der Waals surface area contributed by atoms with Crippen LogP contribution in [0, 0.1) is 10.1 Å². The second-order valence-electron chi connectivity index (χ2n) is 12.9. The zero-order valence-corrected chi connectivity index (χ0v) is 30.0. The third-order valence-corrected chi connectivity index (χ3v) is 8.96. The zero-order valence-electron chi connectivity index (χ0n) is 30.0. The summed E-state index contributed by atoms with van der Waals surface area (Å²) in [6.07, 6.45) is 6.71. The number of carbonyl (C=O) groups excluding carboxylic acids is 1. The standard InChI is InChI=1S/C40H44N6O7/c1-3-5-7-11-27-19-30(46(49)50)16-15-28(27)25-53-38-23-34-32(22-37(38)52-18-10-14-39(47)44-48)40-43-36-21-31(51-17-4-2)20-35(33(36)24-45(40)26-41-34)42-29-12-8-6-9-13-29/h6,8-9,12-13,15-16,19-23,26,42,48H,3-5,7,10-11,14,17-18,24-25H2,1-2H3,(H,44,47). The van der Waals surface area contributed by atoms with Gasteiger partial charge in [-0.25, -0.2) is 15.5 Å². The number of hydrogen-bond donors (Lipinski definition) is 3. The maximum Gasteiger partial charge on any atom is 0.269 e. The SMILES string of the molecule is CCCCCc1cc([N+](=O)[O-])ccc1COc1cc2c(cc1OCCCC(=O)NO)C1=Nc3cc(OCCC)cc(Nc4ccccc4)c3CN1C=N2. The van der Waals surface area contributed by atoms with E-state index in [1.807, 2.05) is 59.5 Å². The van der Waals surface area contributed by atoms with Crippen LogP contribution >= 0.6 is 0 Å². The van der Waals surface area contributed by atoms with Gasteiger partial charge in [-0.2, -0.15) is 0 Å². The topological polar surface area (TPSA) is 160 Å². The van der Waals surface area contributed by atoms with E-state index in [1.54, 1.807) is 24.0 Å². The van der Waals surface area contributed by atoms with Crippen LogP contribution in [-0.2, 0) is 24.4 Å². The molecule has 2 aliphatic rings. The van der Waals surface area contributed by atoms with E-state index >= 15 is 0 Å². The summed E-state index contributed by atoms with van der Waals surface area (Å²) in [4.78, 5) is 34.8. The summed E-state index contributed by atoms with van der Waals surface area (Å²) < 4.78 is 18.7. The first-order valence-electron chi connectivity index (χ1n) is 18.0. The van der Waals surface area contributed by atoms with Gasteiger partial charge in [0.2, 0.25) is 5.91 Å². The van der Waals surface area contributed by atoms with Crippen molar-refractivity contribution in [1.82, 2.24) is 10.4 Å². The van der Waals surface area contributed by atoms with E-state index in [1.165, 1.54) is 6.07 Å². The van der Waals surface area contributed by atoms with Crippen molar-refractivity contribution in [3.63, 3.8) is 0 Å². The van der Waals surface area contributed by atoms with Gasteiger partial charge < -0.3 is 24.4 Å². The number of carbonyl (C=O) groups is 1. The maximum absolute atomic E-state index is 11.7. The van der Waals surface area contributed by atoms with Gasteiger partial charge in [0.15, 0.2) is 11.5 Å². The number of unbranched alkanes of at least 4 members (excludes halogenated alkanes) is 2. The Balaban J connectivity index is 1.34. The Hall–Kier alpha value is -5.95. The Morgan fingerprint density at radius 3 is 2.51 bits per heavy atom. The van der Waals surface area contributed by atoms with Gasteiger partial charge in [0.1, 0.15) is 18.2 Å². The number of ether oxygens (including phenoxy) is 3. The van der Waals surface area contributed by atoms with Crippen LogP contribution in [0.2, 0.25) is 0 Å². The highest BCUT2D eigenvalue weighted by Crippen LogP contribution is 2.43. The minimum atomic E-state index is -0.507. The number of nitrogens with one attached hydrogen (secondary N) is 2. The van der Waals surface area contributed by atoms with Crippen LogP contribution in [0.5, 0.6) is 17.2 Å². The molecule has 6 rings (SSSR count). The van der Waals surface area contributed by atoms with Crippen LogP contribution in [0.3, 0.4) is 0 Å². The molecule has 13 nitrogen and oxygen atoms in total. The van der Waals surface area contributed by atoms with E-state index in [9.17, 15) is 14.9 Å². The molecule has 276 valence electrons.